The van der Waals surface area contributed by atoms with Crippen LogP contribution in [-0.2, 0) is 0 Å². The lowest BCUT2D eigenvalue weighted by molar-refractivity contribution is 1.09. The molecule has 0 atom stereocenters. The van der Waals surface area contributed by atoms with E-state index in [2.05, 4.69) is 20.9 Å². The average Bonchev–Trinajstić information content (AvgIpc) is 2.68. The molecule has 2 aromatic carbocycles. The summed E-state index contributed by atoms with van der Waals surface area (Å²) in [5, 5.41) is 0.656. The van der Waals surface area contributed by atoms with Gasteiger partial charge in [-0.05, 0) is 42.8 Å². The molecule has 0 radical (unpaired) electrons. The summed E-state index contributed by atoms with van der Waals surface area (Å²) in [7, 11) is 0. The van der Waals surface area contributed by atoms with Crippen LogP contribution in [0.1, 0.15) is 5.56 Å². The molecule has 0 aliphatic rings. The third-order valence-electron chi connectivity index (χ3n) is 3.12. The van der Waals surface area contributed by atoms with Gasteiger partial charge < -0.3 is 5.73 Å². The zero-order valence-electron chi connectivity index (χ0n) is 10.2. The van der Waals surface area contributed by atoms with E-state index in [0.717, 1.165) is 26.8 Å². The van der Waals surface area contributed by atoms with Crippen LogP contribution in [0.15, 0.2) is 40.9 Å². The van der Waals surface area contributed by atoms with Crippen molar-refractivity contribution in [1.82, 2.24) is 9.55 Å². The molecule has 0 saturated heterocycles. The van der Waals surface area contributed by atoms with Crippen LogP contribution in [0.5, 0.6) is 0 Å². The highest BCUT2D eigenvalue weighted by molar-refractivity contribution is 9.10. The molecule has 2 N–H and O–H groups in total. The minimum Gasteiger partial charge on any atom is -0.369 e. The topological polar surface area (TPSA) is 43.8 Å². The van der Waals surface area contributed by atoms with Gasteiger partial charge in [-0.25, -0.2) is 4.98 Å². The third-order valence-corrected chi connectivity index (χ3v) is 4.22. The summed E-state index contributed by atoms with van der Waals surface area (Å²) in [4.78, 5) is 4.36. The van der Waals surface area contributed by atoms with Gasteiger partial charge in [0.15, 0.2) is 0 Å². The van der Waals surface area contributed by atoms with E-state index in [4.69, 9.17) is 17.3 Å². The number of anilines is 1. The second-order valence-corrected chi connectivity index (χ2v) is 5.61. The summed E-state index contributed by atoms with van der Waals surface area (Å²) < 4.78 is 2.98. The van der Waals surface area contributed by atoms with E-state index in [1.165, 1.54) is 0 Å². The van der Waals surface area contributed by atoms with Crippen molar-refractivity contribution in [3.05, 3.63) is 51.5 Å². The zero-order valence-corrected chi connectivity index (χ0v) is 12.5. The van der Waals surface area contributed by atoms with Crippen LogP contribution in [0, 0.1) is 6.92 Å². The summed E-state index contributed by atoms with van der Waals surface area (Å²) in [6.07, 6.45) is 0. The number of aromatic nitrogens is 2. The number of imidazole rings is 1. The van der Waals surface area contributed by atoms with Gasteiger partial charge in [-0.1, -0.05) is 33.6 Å². The number of fused-ring (bicyclic) bond motifs is 1. The molecule has 0 aliphatic carbocycles. The number of rotatable bonds is 1. The molecule has 0 bridgehead atoms. The minimum absolute atomic E-state index is 0.457. The van der Waals surface area contributed by atoms with E-state index in [1.807, 2.05) is 47.9 Å². The molecule has 0 unspecified atom stereocenters. The predicted molar refractivity (Wildman–Crippen MR) is 82.9 cm³/mol. The Balaban J connectivity index is 2.36. The van der Waals surface area contributed by atoms with Crippen LogP contribution >= 0.6 is 27.5 Å². The number of nitrogens with two attached hydrogens (primary N) is 1. The Morgan fingerprint density at radius 3 is 2.84 bits per heavy atom. The Morgan fingerprint density at radius 2 is 2.05 bits per heavy atom. The first kappa shape index (κ1) is 12.5. The van der Waals surface area contributed by atoms with Crippen LogP contribution in [0.3, 0.4) is 0 Å². The van der Waals surface area contributed by atoms with Crippen molar-refractivity contribution in [2.75, 3.05) is 5.73 Å². The Hall–Kier alpha value is -1.52. The monoisotopic (exact) mass is 335 g/mol. The van der Waals surface area contributed by atoms with Crippen LogP contribution in [0.2, 0.25) is 5.02 Å². The maximum Gasteiger partial charge on any atom is 0.205 e. The lowest BCUT2D eigenvalue weighted by Gasteiger charge is -2.11. The van der Waals surface area contributed by atoms with Crippen molar-refractivity contribution >= 4 is 44.5 Å². The smallest absolute Gasteiger partial charge is 0.205 e. The van der Waals surface area contributed by atoms with Crippen LogP contribution < -0.4 is 5.73 Å². The number of benzene rings is 2. The van der Waals surface area contributed by atoms with E-state index in [0.29, 0.717) is 11.0 Å². The minimum atomic E-state index is 0.457. The maximum atomic E-state index is 6.05. The van der Waals surface area contributed by atoms with Crippen molar-refractivity contribution in [2.24, 2.45) is 0 Å². The summed E-state index contributed by atoms with van der Waals surface area (Å²) >= 11 is 9.52. The lowest BCUT2D eigenvalue weighted by Crippen LogP contribution is -2.02. The van der Waals surface area contributed by atoms with Gasteiger partial charge in [0.2, 0.25) is 5.95 Å². The summed E-state index contributed by atoms with van der Waals surface area (Å²) in [5.74, 6) is 0.457. The molecule has 0 aliphatic heterocycles. The molecule has 0 amide bonds. The molecule has 1 aromatic heterocycles. The van der Waals surface area contributed by atoms with Crippen molar-refractivity contribution < 1.29 is 0 Å². The van der Waals surface area contributed by atoms with Gasteiger partial charge in [0.05, 0.1) is 16.7 Å². The molecule has 3 rings (SSSR count). The van der Waals surface area contributed by atoms with Gasteiger partial charge >= 0.3 is 0 Å². The van der Waals surface area contributed by atoms with E-state index in [9.17, 15) is 0 Å². The van der Waals surface area contributed by atoms with E-state index >= 15 is 0 Å². The van der Waals surface area contributed by atoms with Crippen molar-refractivity contribution in [1.29, 1.82) is 0 Å². The molecule has 0 saturated carbocycles. The maximum absolute atomic E-state index is 6.05. The zero-order chi connectivity index (χ0) is 13.6. The van der Waals surface area contributed by atoms with Crippen molar-refractivity contribution in [2.45, 2.75) is 6.92 Å². The fourth-order valence-corrected chi connectivity index (χ4v) is 2.69. The normalized spacial score (nSPS) is 11.1. The molecule has 19 heavy (non-hydrogen) atoms. The molecular weight excluding hydrogens is 326 g/mol. The first-order chi connectivity index (χ1) is 9.08. The number of nitrogen functional groups attached to an aromatic ring is 1. The average molecular weight is 337 g/mol. The fraction of sp³-hybridized carbons (Fsp3) is 0.0714. The van der Waals surface area contributed by atoms with Crippen LogP contribution in [0.25, 0.3) is 16.7 Å². The SMILES string of the molecule is Cc1c(Br)cccc1-n1c(N)nc2cc(Cl)ccc21. The highest BCUT2D eigenvalue weighted by Crippen LogP contribution is 2.29. The first-order valence-corrected chi connectivity index (χ1v) is 6.94. The Morgan fingerprint density at radius 1 is 1.26 bits per heavy atom. The van der Waals surface area contributed by atoms with E-state index < -0.39 is 0 Å². The Bertz CT molecular complexity index is 780. The van der Waals surface area contributed by atoms with Crippen LogP contribution in [0.4, 0.5) is 5.95 Å². The highest BCUT2D eigenvalue weighted by Gasteiger charge is 2.13. The van der Waals surface area contributed by atoms with E-state index in [1.54, 1.807) is 0 Å². The highest BCUT2D eigenvalue weighted by atomic mass is 79.9. The fourth-order valence-electron chi connectivity index (χ4n) is 2.16. The number of halogens is 2. The van der Waals surface area contributed by atoms with Gasteiger partial charge in [-0.15, -0.1) is 0 Å². The van der Waals surface area contributed by atoms with E-state index in [-0.39, 0.29) is 0 Å². The third kappa shape index (κ3) is 2.01. The van der Waals surface area contributed by atoms with Gasteiger partial charge in [-0.2, -0.15) is 0 Å². The summed E-state index contributed by atoms with van der Waals surface area (Å²) in [6.45, 7) is 2.04. The van der Waals surface area contributed by atoms with Crippen molar-refractivity contribution in [3.63, 3.8) is 0 Å². The molecule has 3 nitrogen and oxygen atoms in total. The van der Waals surface area contributed by atoms with Crippen LogP contribution in [-0.4, -0.2) is 9.55 Å². The second-order valence-electron chi connectivity index (χ2n) is 4.32. The molecule has 96 valence electrons. The quantitative estimate of drug-likeness (QED) is 0.718. The lowest BCUT2D eigenvalue weighted by atomic mass is 10.2. The predicted octanol–water partition coefficient (Wildman–Crippen LogP) is 4.33. The standard InChI is InChI=1S/C14H11BrClN3/c1-8-10(15)3-2-4-12(8)19-13-6-5-9(16)7-11(13)18-14(19)17/h2-7H,1H3,(H2,17,18). The Kier molecular flexibility index (Phi) is 2.99. The number of hydrogen-bond acceptors (Lipinski definition) is 2. The van der Waals surface area contributed by atoms with Gasteiger partial charge in [0, 0.05) is 9.50 Å². The Labute approximate surface area is 124 Å². The molecule has 1 heterocycles. The number of hydrogen-bond donors (Lipinski definition) is 1. The first-order valence-electron chi connectivity index (χ1n) is 5.77. The van der Waals surface area contributed by atoms with Crippen molar-refractivity contribution in [3.8, 4) is 5.69 Å². The number of nitrogens with zero attached hydrogens (tertiary/aromatic N) is 2. The van der Waals surface area contributed by atoms with Gasteiger partial charge in [0.25, 0.3) is 0 Å². The molecule has 3 aromatic rings. The summed E-state index contributed by atoms with van der Waals surface area (Å²) in [6, 6.07) is 11.6. The largest absolute Gasteiger partial charge is 0.369 e. The molecular formula is C14H11BrClN3. The van der Waals surface area contributed by atoms with Gasteiger partial charge in [-0.3, -0.25) is 4.57 Å². The molecule has 0 fully saturated rings. The summed E-state index contributed by atoms with van der Waals surface area (Å²) in [5.41, 5.74) is 9.92. The second kappa shape index (κ2) is 4.54. The van der Waals surface area contributed by atoms with Gasteiger partial charge in [0.1, 0.15) is 0 Å². The molecule has 5 heteroatoms. The molecule has 0 spiro atoms.